The second-order valence-corrected chi connectivity index (χ2v) is 12.4. The predicted molar refractivity (Wildman–Crippen MR) is 155 cm³/mol. The minimum atomic E-state index is -4.55. The number of aromatic nitrogens is 3. The number of ether oxygens (including phenoxy) is 2. The number of sulfone groups is 1. The lowest BCUT2D eigenvalue weighted by Gasteiger charge is -2.30. The molecule has 4 aromatic rings. The van der Waals surface area contributed by atoms with Gasteiger partial charge in [0.05, 0.1) is 49.3 Å². The fourth-order valence-electron chi connectivity index (χ4n) is 5.00. The van der Waals surface area contributed by atoms with Crippen LogP contribution in [-0.4, -0.2) is 74.6 Å². The van der Waals surface area contributed by atoms with Crippen molar-refractivity contribution in [3.63, 3.8) is 0 Å². The first-order valence-corrected chi connectivity index (χ1v) is 15.3. The maximum Gasteiger partial charge on any atom is 0.255 e. The van der Waals surface area contributed by atoms with Gasteiger partial charge in [0, 0.05) is 36.7 Å². The Labute approximate surface area is 254 Å². The summed E-state index contributed by atoms with van der Waals surface area (Å²) in [4.78, 5) is 28.9. The minimum absolute atomic E-state index is 0.106. The lowest BCUT2D eigenvalue weighted by molar-refractivity contribution is 0.0949. The maximum absolute atomic E-state index is 14.7. The second kappa shape index (κ2) is 12.0. The van der Waals surface area contributed by atoms with Crippen LogP contribution in [0.5, 0.6) is 11.5 Å². The van der Waals surface area contributed by atoms with Crippen LogP contribution in [0.3, 0.4) is 0 Å². The van der Waals surface area contributed by atoms with Crippen molar-refractivity contribution in [2.24, 2.45) is 0 Å². The number of nitrogens with zero attached hydrogens (tertiary/aromatic N) is 5. The number of hydrogen-bond acceptors (Lipinski definition) is 10. The molecule has 3 aromatic heterocycles. The Balaban J connectivity index is 1.21. The third-order valence-electron chi connectivity index (χ3n) is 7.33. The Morgan fingerprint density at radius 1 is 1.13 bits per heavy atom. The van der Waals surface area contributed by atoms with Gasteiger partial charge in [0.15, 0.2) is 23.1 Å². The van der Waals surface area contributed by atoms with E-state index in [9.17, 15) is 30.8 Å². The molecule has 0 aliphatic carbocycles. The van der Waals surface area contributed by atoms with Gasteiger partial charge in [0.1, 0.15) is 17.3 Å². The summed E-state index contributed by atoms with van der Waals surface area (Å²) in [5.41, 5.74) is -1.18. The standard InChI is InChI=1S/C29H26F4N6O5S/c1-38(15-24(31)32)19-11-22-28(35-14-19)39(5-7-43-22)26-3-2-16-12-34-18(10-21(16)37-26)13-36-29(40)17-8-20(30)27-23(9-17)45(41,42)25(33)4-6-44-27/h2-3,8-12,14,24-25H,4-7,13,15H2,1H3,(H,36,40)/t25-/m1/s1. The average Bonchev–Trinajstić information content (AvgIpc) is 3.13. The van der Waals surface area contributed by atoms with Crippen LogP contribution in [0.2, 0.25) is 0 Å². The molecule has 45 heavy (non-hydrogen) atoms. The number of benzene rings is 1. The number of anilines is 3. The molecule has 0 radical (unpaired) electrons. The van der Waals surface area contributed by atoms with Crippen LogP contribution in [0.1, 0.15) is 22.5 Å². The molecule has 11 nitrogen and oxygen atoms in total. The molecule has 0 saturated heterocycles. The summed E-state index contributed by atoms with van der Waals surface area (Å²) in [7, 11) is -3.00. The number of rotatable bonds is 7. The summed E-state index contributed by atoms with van der Waals surface area (Å²) >= 11 is 0. The Hall–Kier alpha value is -4.73. The Morgan fingerprint density at radius 2 is 1.96 bits per heavy atom. The summed E-state index contributed by atoms with van der Waals surface area (Å²) in [5, 5.41) is 3.28. The molecule has 16 heteroatoms. The molecule has 236 valence electrons. The van der Waals surface area contributed by atoms with Gasteiger partial charge < -0.3 is 24.6 Å². The van der Waals surface area contributed by atoms with Gasteiger partial charge in [-0.2, -0.15) is 0 Å². The van der Waals surface area contributed by atoms with Crippen molar-refractivity contribution >= 4 is 44.0 Å². The normalized spacial score (nSPS) is 17.1. The zero-order chi connectivity index (χ0) is 31.9. The van der Waals surface area contributed by atoms with E-state index in [4.69, 9.17) is 14.5 Å². The van der Waals surface area contributed by atoms with Crippen molar-refractivity contribution in [2.75, 3.05) is 43.2 Å². The highest BCUT2D eigenvalue weighted by Gasteiger charge is 2.35. The number of alkyl halides is 3. The van der Waals surface area contributed by atoms with Gasteiger partial charge in [-0.3, -0.25) is 9.78 Å². The molecule has 6 rings (SSSR count). The van der Waals surface area contributed by atoms with Gasteiger partial charge in [0.2, 0.25) is 15.3 Å². The van der Waals surface area contributed by atoms with Crippen molar-refractivity contribution < 1.29 is 40.2 Å². The van der Waals surface area contributed by atoms with Gasteiger partial charge in [0.25, 0.3) is 12.3 Å². The van der Waals surface area contributed by atoms with E-state index in [1.807, 2.05) is 11.0 Å². The third-order valence-corrected chi connectivity index (χ3v) is 9.15. The van der Waals surface area contributed by atoms with Gasteiger partial charge in [-0.05, 0) is 30.3 Å². The first-order chi connectivity index (χ1) is 21.5. The van der Waals surface area contributed by atoms with Crippen molar-refractivity contribution in [1.29, 1.82) is 0 Å². The van der Waals surface area contributed by atoms with Crippen molar-refractivity contribution in [3.8, 4) is 11.5 Å². The number of halogens is 4. The summed E-state index contributed by atoms with van der Waals surface area (Å²) in [6.07, 6.45) is 0.0899. The molecule has 1 N–H and O–H groups in total. The van der Waals surface area contributed by atoms with E-state index in [-0.39, 0.29) is 18.7 Å². The van der Waals surface area contributed by atoms with Crippen LogP contribution in [0.15, 0.2) is 53.7 Å². The largest absolute Gasteiger partial charge is 0.489 e. The molecule has 1 amide bonds. The van der Waals surface area contributed by atoms with Crippen LogP contribution in [-0.2, 0) is 16.4 Å². The van der Waals surface area contributed by atoms with E-state index in [2.05, 4.69) is 15.3 Å². The topological polar surface area (TPSA) is 127 Å². The first kappa shape index (κ1) is 30.3. The molecule has 2 aliphatic rings. The molecule has 1 aromatic carbocycles. The zero-order valence-corrected chi connectivity index (χ0v) is 24.5. The van der Waals surface area contributed by atoms with E-state index >= 15 is 0 Å². The van der Waals surface area contributed by atoms with Crippen molar-refractivity contribution in [3.05, 3.63) is 65.9 Å². The van der Waals surface area contributed by atoms with Gasteiger partial charge >= 0.3 is 0 Å². The highest BCUT2D eigenvalue weighted by atomic mass is 32.2. The number of carbonyl (C=O) groups excluding carboxylic acids is 1. The maximum atomic E-state index is 14.7. The summed E-state index contributed by atoms with van der Waals surface area (Å²) in [5.74, 6) is -1.05. The lowest BCUT2D eigenvalue weighted by Crippen LogP contribution is -2.31. The van der Waals surface area contributed by atoms with Crippen LogP contribution >= 0.6 is 0 Å². The van der Waals surface area contributed by atoms with Gasteiger partial charge in [-0.25, -0.2) is 35.9 Å². The quantitative estimate of drug-likeness (QED) is 0.292. The van der Waals surface area contributed by atoms with E-state index in [0.29, 0.717) is 52.8 Å². The third kappa shape index (κ3) is 6.01. The predicted octanol–water partition coefficient (Wildman–Crippen LogP) is 4.18. The Kier molecular flexibility index (Phi) is 8.07. The molecule has 0 saturated carbocycles. The van der Waals surface area contributed by atoms with Crippen LogP contribution < -0.4 is 24.6 Å². The second-order valence-electron chi connectivity index (χ2n) is 10.4. The SMILES string of the molecule is CN(CC(F)F)c1cnc2c(c1)OCCN2c1ccc2cnc(CNC(=O)c3cc(F)c4c(c3)S(=O)(=O)[C@@H](F)CCO4)cc2n1. The molecule has 0 spiro atoms. The Morgan fingerprint density at radius 3 is 2.76 bits per heavy atom. The number of hydrogen-bond donors (Lipinski definition) is 1. The van der Waals surface area contributed by atoms with Crippen molar-refractivity contribution in [2.45, 2.75) is 29.8 Å². The smallest absolute Gasteiger partial charge is 0.255 e. The van der Waals surface area contributed by atoms with E-state index in [0.717, 1.165) is 12.1 Å². The monoisotopic (exact) mass is 646 g/mol. The van der Waals surface area contributed by atoms with E-state index in [1.165, 1.54) is 11.1 Å². The summed E-state index contributed by atoms with van der Waals surface area (Å²) in [6.45, 7) is -0.137. The van der Waals surface area contributed by atoms with Gasteiger partial charge in [-0.1, -0.05) is 0 Å². The molecule has 0 fully saturated rings. The molecular formula is C29H26F4N6O5S. The molecule has 0 bridgehead atoms. The fraction of sp³-hybridized carbons (Fsp3) is 0.310. The number of fused-ring (bicyclic) bond motifs is 3. The van der Waals surface area contributed by atoms with Crippen LogP contribution in [0.4, 0.5) is 34.9 Å². The van der Waals surface area contributed by atoms with E-state index < -0.39 is 57.1 Å². The van der Waals surface area contributed by atoms with Gasteiger partial charge in [-0.15, -0.1) is 0 Å². The fourth-order valence-corrected chi connectivity index (χ4v) is 6.39. The number of nitrogens with one attached hydrogen (secondary N) is 1. The van der Waals surface area contributed by atoms with Crippen LogP contribution in [0.25, 0.3) is 10.9 Å². The Bertz CT molecular complexity index is 1900. The molecule has 5 heterocycles. The van der Waals surface area contributed by atoms with Crippen molar-refractivity contribution in [1.82, 2.24) is 20.3 Å². The summed E-state index contributed by atoms with van der Waals surface area (Å²) < 4.78 is 90.5. The highest BCUT2D eigenvalue weighted by Crippen LogP contribution is 2.37. The number of pyridine rings is 3. The highest BCUT2D eigenvalue weighted by molar-refractivity contribution is 7.92. The molecule has 2 aliphatic heterocycles. The number of carbonyl (C=O) groups is 1. The average molecular weight is 647 g/mol. The molecular weight excluding hydrogens is 620 g/mol. The zero-order valence-electron chi connectivity index (χ0n) is 23.7. The number of amides is 1. The minimum Gasteiger partial charge on any atom is -0.489 e. The molecule has 0 unspecified atom stereocenters. The van der Waals surface area contributed by atoms with E-state index in [1.54, 1.807) is 31.4 Å². The lowest BCUT2D eigenvalue weighted by atomic mass is 10.2. The summed E-state index contributed by atoms with van der Waals surface area (Å²) in [6, 6.07) is 8.63. The molecule has 1 atom stereocenters. The van der Waals surface area contributed by atoms with Crippen LogP contribution in [0, 0.1) is 5.82 Å². The first-order valence-electron chi connectivity index (χ1n) is 13.8.